The van der Waals surface area contributed by atoms with E-state index in [1.54, 1.807) is 29.5 Å². The van der Waals surface area contributed by atoms with E-state index < -0.39 is 0 Å². The fraction of sp³-hybridized carbons (Fsp3) is 0.125. The normalized spacial score (nSPS) is 14.2. The van der Waals surface area contributed by atoms with Crippen LogP contribution >= 0.6 is 11.3 Å². The summed E-state index contributed by atoms with van der Waals surface area (Å²) in [5.41, 5.74) is 3.67. The first-order valence-corrected chi connectivity index (χ1v) is 8.24. The monoisotopic (exact) mass is 336 g/mol. The van der Waals surface area contributed by atoms with Crippen LogP contribution in [0.5, 0.6) is 0 Å². The molecule has 5 rings (SSSR count). The molecule has 0 saturated heterocycles. The number of anilines is 1. The zero-order chi connectivity index (χ0) is 16.3. The molecule has 118 valence electrons. The van der Waals surface area contributed by atoms with E-state index in [9.17, 15) is 4.79 Å². The lowest BCUT2D eigenvalue weighted by atomic mass is 10.1. The molecule has 0 radical (unpaired) electrons. The predicted octanol–water partition coefficient (Wildman–Crippen LogP) is 3.21. The number of hydrogen-bond acceptors (Lipinski definition) is 5. The number of carbonyl (C=O) groups is 1. The number of hydrogen-bond donors (Lipinski definition) is 2. The minimum atomic E-state index is -0.0933. The summed E-state index contributed by atoms with van der Waals surface area (Å²) in [6.45, 7) is 0.567. The Labute approximate surface area is 140 Å². The molecule has 0 bridgehead atoms. The molecule has 8 heteroatoms. The maximum absolute atomic E-state index is 12.0. The molecule has 2 N–H and O–H groups in total. The largest absolute Gasteiger partial charge is 0.323 e. The van der Waals surface area contributed by atoms with E-state index in [4.69, 9.17) is 0 Å². The van der Waals surface area contributed by atoms with Crippen LogP contribution in [-0.4, -0.2) is 38.1 Å². The van der Waals surface area contributed by atoms with Gasteiger partial charge in [0.25, 0.3) is 0 Å². The lowest BCUT2D eigenvalue weighted by Gasteiger charge is -2.25. The van der Waals surface area contributed by atoms with Crippen molar-refractivity contribution in [2.75, 3.05) is 12.4 Å². The first kappa shape index (κ1) is 13.4. The van der Waals surface area contributed by atoms with Crippen molar-refractivity contribution < 1.29 is 4.79 Å². The molecule has 24 heavy (non-hydrogen) atoms. The van der Waals surface area contributed by atoms with Crippen LogP contribution in [0, 0.1) is 0 Å². The van der Waals surface area contributed by atoms with Crippen LogP contribution in [0.3, 0.4) is 0 Å². The Bertz CT molecular complexity index is 1110. The molecule has 0 unspecified atom stereocenters. The van der Waals surface area contributed by atoms with E-state index >= 15 is 0 Å². The molecule has 2 amide bonds. The highest BCUT2D eigenvalue weighted by Gasteiger charge is 2.23. The van der Waals surface area contributed by atoms with E-state index in [0.29, 0.717) is 6.54 Å². The standard InChI is InChI=1S/C16H12N6OS/c1-22-7-10-5-18-15-11(13(10)20-16(22)23)3-12(24-15)8-2-9-6-19-21-14(9)17-4-8/h2-6H,7H2,1H3,(H,20,23)(H,17,19,21). The Kier molecular flexibility index (Phi) is 2.66. The van der Waals surface area contributed by atoms with Crippen LogP contribution in [0.4, 0.5) is 10.5 Å². The molecule has 0 spiro atoms. The third kappa shape index (κ3) is 1.89. The van der Waals surface area contributed by atoms with Crippen molar-refractivity contribution in [3.63, 3.8) is 0 Å². The van der Waals surface area contributed by atoms with Crippen molar-refractivity contribution in [2.45, 2.75) is 6.54 Å². The molecule has 0 saturated carbocycles. The summed E-state index contributed by atoms with van der Waals surface area (Å²) in [6, 6.07) is 4.03. The van der Waals surface area contributed by atoms with Crippen molar-refractivity contribution in [3.05, 3.63) is 36.3 Å². The molecule has 4 aromatic rings. The van der Waals surface area contributed by atoms with Crippen molar-refractivity contribution in [3.8, 4) is 10.4 Å². The average Bonchev–Trinajstić information content (AvgIpc) is 3.21. The van der Waals surface area contributed by atoms with Gasteiger partial charge in [0, 0.05) is 46.2 Å². The van der Waals surface area contributed by atoms with Gasteiger partial charge in [-0.3, -0.25) is 5.10 Å². The SMILES string of the molecule is CN1Cc2cnc3sc(-c4cnc5[nH]ncc5c4)cc3c2NC1=O. The van der Waals surface area contributed by atoms with E-state index in [1.807, 2.05) is 12.4 Å². The molecule has 0 fully saturated rings. The first-order valence-electron chi connectivity index (χ1n) is 7.42. The number of aromatic amines is 1. The molecular weight excluding hydrogens is 324 g/mol. The summed E-state index contributed by atoms with van der Waals surface area (Å²) in [7, 11) is 1.77. The summed E-state index contributed by atoms with van der Waals surface area (Å²) in [5.74, 6) is 0. The quantitative estimate of drug-likeness (QED) is 0.559. The molecule has 5 heterocycles. The lowest BCUT2D eigenvalue weighted by molar-refractivity contribution is 0.218. The summed E-state index contributed by atoms with van der Waals surface area (Å²) >= 11 is 1.59. The van der Waals surface area contributed by atoms with Gasteiger partial charge in [-0.25, -0.2) is 14.8 Å². The Balaban J connectivity index is 1.68. The van der Waals surface area contributed by atoms with Crippen LogP contribution in [-0.2, 0) is 6.54 Å². The van der Waals surface area contributed by atoms with E-state index in [2.05, 4.69) is 37.6 Å². The van der Waals surface area contributed by atoms with Crippen LogP contribution < -0.4 is 5.32 Å². The highest BCUT2D eigenvalue weighted by atomic mass is 32.1. The summed E-state index contributed by atoms with van der Waals surface area (Å²) in [5, 5.41) is 11.8. The van der Waals surface area contributed by atoms with Crippen molar-refractivity contribution in [1.29, 1.82) is 0 Å². The minimum Gasteiger partial charge on any atom is -0.323 e. The van der Waals surface area contributed by atoms with Gasteiger partial charge in [0.05, 0.1) is 18.4 Å². The number of nitrogens with zero attached hydrogens (tertiary/aromatic N) is 4. The number of aromatic nitrogens is 4. The van der Waals surface area contributed by atoms with Gasteiger partial charge in [0.1, 0.15) is 4.83 Å². The zero-order valence-electron chi connectivity index (χ0n) is 12.7. The lowest BCUT2D eigenvalue weighted by Crippen LogP contribution is -2.35. The van der Waals surface area contributed by atoms with Gasteiger partial charge in [-0.15, -0.1) is 11.3 Å². The minimum absolute atomic E-state index is 0.0933. The third-order valence-corrected chi connectivity index (χ3v) is 5.29. The van der Waals surface area contributed by atoms with E-state index in [1.165, 1.54) is 0 Å². The smallest absolute Gasteiger partial charge is 0.321 e. The van der Waals surface area contributed by atoms with Gasteiger partial charge in [0.15, 0.2) is 5.65 Å². The number of H-pyrrole nitrogens is 1. The number of nitrogens with one attached hydrogen (secondary N) is 2. The number of pyridine rings is 2. The maximum Gasteiger partial charge on any atom is 0.321 e. The second kappa shape index (κ2) is 4.75. The topological polar surface area (TPSA) is 86.8 Å². The Morgan fingerprint density at radius 1 is 1.21 bits per heavy atom. The van der Waals surface area contributed by atoms with Crippen molar-refractivity contribution in [1.82, 2.24) is 25.1 Å². The predicted molar refractivity (Wildman–Crippen MR) is 93.0 cm³/mol. The zero-order valence-corrected chi connectivity index (χ0v) is 13.5. The Morgan fingerprint density at radius 2 is 2.12 bits per heavy atom. The molecule has 4 aromatic heterocycles. The van der Waals surface area contributed by atoms with Gasteiger partial charge < -0.3 is 10.2 Å². The molecule has 1 aliphatic heterocycles. The van der Waals surface area contributed by atoms with Crippen LogP contribution in [0.25, 0.3) is 31.7 Å². The molecule has 7 nitrogen and oxygen atoms in total. The third-order valence-electron chi connectivity index (χ3n) is 4.20. The first-order chi connectivity index (χ1) is 11.7. The Morgan fingerprint density at radius 3 is 3.04 bits per heavy atom. The number of urea groups is 1. The number of amides is 2. The highest BCUT2D eigenvalue weighted by Crippen LogP contribution is 2.39. The van der Waals surface area contributed by atoms with E-state index in [0.717, 1.165) is 42.9 Å². The van der Waals surface area contributed by atoms with Gasteiger partial charge in [0.2, 0.25) is 0 Å². The summed E-state index contributed by atoms with van der Waals surface area (Å²) in [6.07, 6.45) is 5.42. The molecule has 1 aliphatic rings. The fourth-order valence-electron chi connectivity index (χ4n) is 2.94. The second-order valence-corrected chi connectivity index (χ2v) is 6.84. The van der Waals surface area contributed by atoms with Gasteiger partial charge in [-0.05, 0) is 12.1 Å². The van der Waals surface area contributed by atoms with Crippen molar-refractivity contribution in [2.24, 2.45) is 0 Å². The van der Waals surface area contributed by atoms with Gasteiger partial charge in [-0.1, -0.05) is 0 Å². The van der Waals surface area contributed by atoms with Crippen LogP contribution in [0.2, 0.25) is 0 Å². The van der Waals surface area contributed by atoms with Crippen molar-refractivity contribution >= 4 is 44.3 Å². The highest BCUT2D eigenvalue weighted by molar-refractivity contribution is 7.22. The summed E-state index contributed by atoms with van der Waals surface area (Å²) < 4.78 is 0. The number of carbonyl (C=O) groups excluding carboxylic acids is 1. The Hall–Kier alpha value is -3.00. The second-order valence-electron chi connectivity index (χ2n) is 5.81. The summed E-state index contributed by atoms with van der Waals surface area (Å²) in [4.78, 5) is 24.5. The van der Waals surface area contributed by atoms with E-state index in [-0.39, 0.29) is 6.03 Å². The van der Waals surface area contributed by atoms with Gasteiger partial charge in [-0.2, -0.15) is 5.10 Å². The van der Waals surface area contributed by atoms with Crippen LogP contribution in [0.1, 0.15) is 5.56 Å². The average molecular weight is 336 g/mol. The molecule has 0 aromatic carbocycles. The van der Waals surface area contributed by atoms with Crippen LogP contribution in [0.15, 0.2) is 30.7 Å². The fourth-order valence-corrected chi connectivity index (χ4v) is 3.93. The molecule has 0 aliphatic carbocycles. The number of rotatable bonds is 1. The molecule has 0 atom stereocenters. The number of fused-ring (bicyclic) bond motifs is 4. The maximum atomic E-state index is 12.0. The molecular formula is C16H12N6OS. The van der Waals surface area contributed by atoms with Gasteiger partial charge >= 0.3 is 6.03 Å². The number of thiophene rings is 1.